The van der Waals surface area contributed by atoms with Crippen molar-refractivity contribution in [1.82, 2.24) is 0 Å². The molecule has 0 bridgehead atoms. The number of hydrogen-bond donors (Lipinski definition) is 1. The van der Waals surface area contributed by atoms with Crippen LogP contribution in [0.4, 0.5) is 0 Å². The van der Waals surface area contributed by atoms with E-state index in [1.54, 1.807) is 24.3 Å². The second-order valence-electron chi connectivity index (χ2n) is 12.3. The van der Waals surface area contributed by atoms with Crippen LogP contribution in [0.1, 0.15) is 101 Å². The molecule has 0 aliphatic carbocycles. The minimum atomic E-state index is -3.73. The quantitative estimate of drug-likeness (QED) is 0.122. The summed E-state index contributed by atoms with van der Waals surface area (Å²) in [5, 5.41) is 8.93. The number of hydrogen-bond acceptors (Lipinski definition) is 6. The molecular weight excluding hydrogens is 548 g/mol. The molecule has 0 amide bonds. The maximum absolute atomic E-state index is 12.2. The Kier molecular flexibility index (Phi) is 17.1. The van der Waals surface area contributed by atoms with Crippen molar-refractivity contribution >= 4 is 10.1 Å². The average molecular weight is 611 g/mol. The molecule has 2 heterocycles. The summed E-state index contributed by atoms with van der Waals surface area (Å²) in [6.45, 7) is 19.6. The van der Waals surface area contributed by atoms with Crippen molar-refractivity contribution in [3.05, 3.63) is 54.1 Å². The number of ether oxygens (including phenoxy) is 2. The summed E-state index contributed by atoms with van der Waals surface area (Å²) in [6, 6.07) is 6.65. The van der Waals surface area contributed by atoms with Crippen LogP contribution in [0.25, 0.3) is 0 Å². The third-order valence-corrected chi connectivity index (χ3v) is 10.2. The molecule has 0 unspecified atom stereocenters. The van der Waals surface area contributed by atoms with Gasteiger partial charge in [0.05, 0.1) is 29.3 Å². The first-order valence-electron chi connectivity index (χ1n) is 15.0. The van der Waals surface area contributed by atoms with Gasteiger partial charge in [0.1, 0.15) is 12.2 Å². The second-order valence-corrected chi connectivity index (χ2v) is 13.9. The predicted molar refractivity (Wildman–Crippen MR) is 176 cm³/mol. The van der Waals surface area contributed by atoms with Gasteiger partial charge in [0, 0.05) is 0 Å². The van der Waals surface area contributed by atoms with Gasteiger partial charge in [-0.2, -0.15) is 8.42 Å². The number of aliphatic hydroxyl groups is 1. The number of aliphatic hydroxyl groups excluding tert-OH is 1. The van der Waals surface area contributed by atoms with Crippen molar-refractivity contribution in [3.8, 4) is 0 Å². The Bertz CT molecular complexity index is 1070. The summed E-state index contributed by atoms with van der Waals surface area (Å²) in [5.41, 5.74) is 0.588. The summed E-state index contributed by atoms with van der Waals surface area (Å²) >= 11 is 0. The summed E-state index contributed by atoms with van der Waals surface area (Å²) in [7, 11) is -3.73. The third-order valence-electron chi connectivity index (χ3n) is 8.93. The predicted octanol–water partition coefficient (Wildman–Crippen LogP) is 8.52. The van der Waals surface area contributed by atoms with Gasteiger partial charge >= 0.3 is 0 Å². The van der Waals surface area contributed by atoms with E-state index in [0.717, 1.165) is 30.7 Å². The number of rotatable bonds is 15. The van der Waals surface area contributed by atoms with Crippen LogP contribution in [-0.2, 0) is 23.8 Å². The maximum atomic E-state index is 12.2. The van der Waals surface area contributed by atoms with Gasteiger partial charge in [-0.25, -0.2) is 0 Å². The van der Waals surface area contributed by atoms with Gasteiger partial charge < -0.3 is 14.6 Å². The van der Waals surface area contributed by atoms with Crippen LogP contribution >= 0.6 is 0 Å². The Morgan fingerprint density at radius 3 is 1.69 bits per heavy atom. The van der Waals surface area contributed by atoms with E-state index in [2.05, 4.69) is 72.8 Å². The van der Waals surface area contributed by atoms with E-state index in [4.69, 9.17) is 18.8 Å². The average Bonchev–Trinajstić information content (AvgIpc) is 3.80. The minimum Gasteiger partial charge on any atom is -0.394 e. The summed E-state index contributed by atoms with van der Waals surface area (Å²) < 4.78 is 40.7. The molecule has 2 saturated heterocycles. The molecule has 6 nitrogen and oxygen atoms in total. The zero-order valence-electron chi connectivity index (χ0n) is 26.2. The highest BCUT2D eigenvalue weighted by Gasteiger charge is 2.52. The fraction of sp³-hybridized carbons (Fsp3) is 0.714. The minimum absolute atomic E-state index is 0. The van der Waals surface area contributed by atoms with Gasteiger partial charge in [-0.1, -0.05) is 111 Å². The Labute approximate surface area is 259 Å². The largest absolute Gasteiger partial charge is 0.394 e. The van der Waals surface area contributed by atoms with Crippen LogP contribution in [0.15, 0.2) is 53.5 Å². The molecule has 7 heteroatoms. The van der Waals surface area contributed by atoms with Gasteiger partial charge in [-0.15, -0.1) is 0 Å². The second kappa shape index (κ2) is 17.7. The summed E-state index contributed by atoms with van der Waals surface area (Å²) in [6.07, 6.45) is 12.8. The van der Waals surface area contributed by atoms with Crippen molar-refractivity contribution in [1.29, 1.82) is 0 Å². The zero-order valence-corrected chi connectivity index (χ0v) is 27.0. The normalized spacial score (nSPS) is 27.7. The van der Waals surface area contributed by atoms with Crippen molar-refractivity contribution < 1.29 is 27.2 Å². The molecule has 8 atom stereocenters. The lowest BCUT2D eigenvalue weighted by Gasteiger charge is -2.13. The Hall–Kier alpha value is -1.51. The fourth-order valence-corrected chi connectivity index (χ4v) is 5.37. The summed E-state index contributed by atoms with van der Waals surface area (Å²) in [4.78, 5) is 0.183. The lowest BCUT2D eigenvalue weighted by molar-refractivity contribution is 0.237. The van der Waals surface area contributed by atoms with Gasteiger partial charge in [0.15, 0.2) is 0 Å². The Balaban J connectivity index is 0.000000855. The molecule has 244 valence electrons. The molecule has 1 aromatic carbocycles. The molecule has 2 aliphatic heterocycles. The van der Waals surface area contributed by atoms with E-state index >= 15 is 0 Å². The first kappa shape index (κ1) is 40.5. The van der Waals surface area contributed by atoms with Crippen LogP contribution in [0, 0.1) is 30.6 Å². The number of epoxide rings is 2. The van der Waals surface area contributed by atoms with E-state index in [1.807, 2.05) is 13.8 Å². The van der Waals surface area contributed by atoms with Crippen molar-refractivity contribution in [2.75, 3.05) is 13.2 Å². The monoisotopic (exact) mass is 610 g/mol. The SMILES string of the molecule is C.C.CC[C@H](C)[C@@H](C)/C=C/C[C@@]1(C)O[C@@H]1CO.CC[C@H](C)[C@@H](C)/C=C/C[C@@]1(C)O[C@@H]1COS(=O)(=O)c1ccc(C)cc1. The Morgan fingerprint density at radius 2 is 1.29 bits per heavy atom. The summed E-state index contributed by atoms with van der Waals surface area (Å²) in [5.74, 6) is 2.56. The van der Waals surface area contributed by atoms with Crippen LogP contribution in [-0.4, -0.2) is 50.1 Å². The molecule has 0 spiro atoms. The molecule has 0 radical (unpaired) electrons. The standard InChI is InChI=1S/C20H30O4S.C13H24O2.2CH4/c1-6-16(3)17(4)8-7-13-20(5)19(24-20)14-23-25(21,22)18-11-9-15(2)10-12-18;1-5-10(2)11(3)7-6-8-13(4)12(9-14)15-13;;/h7-12,16-17,19H,6,13-14H2,1-5H3;6-7,10-12,14H,5,8-9H2,1-4H3;2*1H4/b8-7+;7-6+;;/t16-,17-,19+,20+;10-,11-,12+,13+;;/m00../s1. The zero-order chi connectivity index (χ0) is 30.1. The molecule has 1 aromatic rings. The molecule has 1 N–H and O–H groups in total. The molecular formula is C35H62O6S. The lowest BCUT2D eigenvalue weighted by Crippen LogP contribution is -2.17. The van der Waals surface area contributed by atoms with Crippen LogP contribution in [0.3, 0.4) is 0 Å². The van der Waals surface area contributed by atoms with Gasteiger partial charge in [-0.3, -0.25) is 4.18 Å². The third kappa shape index (κ3) is 12.2. The highest BCUT2D eigenvalue weighted by atomic mass is 32.2. The molecule has 2 aliphatic rings. The molecule has 2 fully saturated rings. The van der Waals surface area contributed by atoms with E-state index in [1.165, 1.54) is 6.42 Å². The molecule has 0 aromatic heterocycles. The van der Waals surface area contributed by atoms with Crippen LogP contribution < -0.4 is 0 Å². The van der Waals surface area contributed by atoms with Gasteiger partial charge in [0.25, 0.3) is 10.1 Å². The van der Waals surface area contributed by atoms with E-state index in [-0.39, 0.29) is 56.4 Å². The van der Waals surface area contributed by atoms with Crippen LogP contribution in [0.5, 0.6) is 0 Å². The lowest BCUT2D eigenvalue weighted by atomic mass is 9.92. The highest BCUT2D eigenvalue weighted by molar-refractivity contribution is 7.86. The number of benzene rings is 1. The van der Waals surface area contributed by atoms with E-state index in [9.17, 15) is 8.42 Å². The first-order chi connectivity index (χ1) is 18.7. The van der Waals surface area contributed by atoms with Crippen LogP contribution in [0.2, 0.25) is 0 Å². The molecule has 42 heavy (non-hydrogen) atoms. The van der Waals surface area contributed by atoms with E-state index < -0.39 is 10.1 Å². The topological polar surface area (TPSA) is 88.7 Å². The van der Waals surface area contributed by atoms with E-state index in [0.29, 0.717) is 17.8 Å². The fourth-order valence-electron chi connectivity index (χ4n) is 4.46. The van der Waals surface area contributed by atoms with Gasteiger partial charge in [-0.05, 0) is 69.4 Å². The smallest absolute Gasteiger partial charge is 0.297 e. The molecule has 0 saturated carbocycles. The highest BCUT2D eigenvalue weighted by Crippen LogP contribution is 2.41. The maximum Gasteiger partial charge on any atom is 0.297 e. The first-order valence-corrected chi connectivity index (χ1v) is 16.4. The van der Waals surface area contributed by atoms with Crippen molar-refractivity contribution in [3.63, 3.8) is 0 Å². The van der Waals surface area contributed by atoms with Crippen molar-refractivity contribution in [2.24, 2.45) is 23.7 Å². The number of allylic oxidation sites excluding steroid dienone is 2. The van der Waals surface area contributed by atoms with Gasteiger partial charge in [0.2, 0.25) is 0 Å². The number of aryl methyl sites for hydroxylation is 1. The van der Waals surface area contributed by atoms with Crippen molar-refractivity contribution in [2.45, 2.75) is 131 Å². The Morgan fingerprint density at radius 1 is 0.857 bits per heavy atom. The molecule has 3 rings (SSSR count).